The highest BCUT2D eigenvalue weighted by atomic mass is 19.4. The highest BCUT2D eigenvalue weighted by Crippen LogP contribution is 2.58. The molecule has 11 heteroatoms. The maximum Gasteiger partial charge on any atom is 0.411 e. The Morgan fingerprint density at radius 2 is 1.53 bits per heavy atom. The average Bonchev–Trinajstić information content (AvgIpc) is 3.29. The summed E-state index contributed by atoms with van der Waals surface area (Å²) < 4.78 is 54.9. The second-order valence-corrected chi connectivity index (χ2v) is 7.70. The van der Waals surface area contributed by atoms with Crippen molar-refractivity contribution in [3.8, 4) is 0 Å². The number of benzene rings is 1. The molecule has 1 saturated heterocycles. The number of hydrogen-bond donors (Lipinski definition) is 0. The van der Waals surface area contributed by atoms with E-state index in [0.717, 1.165) is 19.1 Å². The maximum atomic E-state index is 13.3. The van der Waals surface area contributed by atoms with E-state index in [1.165, 1.54) is 24.3 Å². The van der Waals surface area contributed by atoms with Crippen LogP contribution in [-0.4, -0.2) is 61.7 Å². The minimum atomic E-state index is -4.79. The van der Waals surface area contributed by atoms with Crippen LogP contribution in [-0.2, 0) is 39.0 Å². The van der Waals surface area contributed by atoms with Crippen LogP contribution in [0.5, 0.6) is 0 Å². The summed E-state index contributed by atoms with van der Waals surface area (Å²) in [6.45, 7) is -1.79. The molecular formula is C21H22F3NO7. The zero-order valence-electron chi connectivity index (χ0n) is 17.4. The number of nitrogens with zero attached hydrogens (tertiary/aromatic N) is 1. The van der Waals surface area contributed by atoms with Gasteiger partial charge in [0.1, 0.15) is 12.2 Å². The number of carbonyl (C=O) groups excluding carboxylic acids is 4. The zero-order valence-corrected chi connectivity index (χ0v) is 17.4. The van der Waals surface area contributed by atoms with E-state index in [4.69, 9.17) is 14.2 Å². The fourth-order valence-electron chi connectivity index (χ4n) is 4.75. The topological polar surface area (TPSA) is 99.2 Å². The molecule has 2 unspecified atom stereocenters. The van der Waals surface area contributed by atoms with Gasteiger partial charge in [-0.15, -0.1) is 0 Å². The number of rotatable bonds is 6. The summed E-state index contributed by atoms with van der Waals surface area (Å²) in [7, 11) is 1.96. The summed E-state index contributed by atoms with van der Waals surface area (Å²) in [5.74, 6) is -3.44. The van der Waals surface area contributed by atoms with Gasteiger partial charge in [0.15, 0.2) is 5.41 Å². The van der Waals surface area contributed by atoms with Crippen LogP contribution in [0.15, 0.2) is 30.3 Å². The maximum absolute atomic E-state index is 13.3. The summed E-state index contributed by atoms with van der Waals surface area (Å²) >= 11 is 0. The van der Waals surface area contributed by atoms with Crippen molar-refractivity contribution in [1.82, 2.24) is 4.90 Å². The van der Waals surface area contributed by atoms with Gasteiger partial charge in [0.25, 0.3) is 0 Å². The van der Waals surface area contributed by atoms with Gasteiger partial charge in [-0.1, -0.05) is 30.3 Å². The van der Waals surface area contributed by atoms with E-state index in [0.29, 0.717) is 0 Å². The molecule has 2 aliphatic rings. The third-order valence-corrected chi connectivity index (χ3v) is 6.00. The summed E-state index contributed by atoms with van der Waals surface area (Å²) in [6.07, 6.45) is -5.86. The molecule has 2 fully saturated rings. The van der Waals surface area contributed by atoms with Crippen LogP contribution in [0.3, 0.4) is 0 Å². The Kier molecular flexibility index (Phi) is 6.32. The lowest BCUT2D eigenvalue weighted by Crippen LogP contribution is -2.55. The number of amides is 2. The van der Waals surface area contributed by atoms with E-state index in [1.54, 1.807) is 6.07 Å². The first-order valence-corrected chi connectivity index (χ1v) is 9.80. The van der Waals surface area contributed by atoms with Crippen LogP contribution in [0.1, 0.15) is 31.2 Å². The van der Waals surface area contributed by atoms with Crippen molar-refractivity contribution in [2.24, 2.45) is 5.41 Å². The van der Waals surface area contributed by atoms with Crippen molar-refractivity contribution in [3.05, 3.63) is 35.9 Å². The van der Waals surface area contributed by atoms with Crippen LogP contribution in [0.25, 0.3) is 0 Å². The van der Waals surface area contributed by atoms with Crippen LogP contribution in [0, 0.1) is 5.41 Å². The zero-order chi connectivity index (χ0) is 23.7. The number of alkyl halides is 3. The van der Waals surface area contributed by atoms with Crippen molar-refractivity contribution in [2.45, 2.75) is 43.5 Å². The van der Waals surface area contributed by atoms with Crippen molar-refractivity contribution in [1.29, 1.82) is 0 Å². The summed E-state index contributed by atoms with van der Waals surface area (Å²) in [6, 6.07) is 6.35. The number of carbonyl (C=O) groups is 4. The lowest BCUT2D eigenvalue weighted by molar-refractivity contribution is -0.236. The Bertz CT molecular complexity index is 886. The van der Waals surface area contributed by atoms with Gasteiger partial charge in [-0.3, -0.25) is 24.1 Å². The van der Waals surface area contributed by atoms with Gasteiger partial charge >= 0.3 is 18.1 Å². The van der Waals surface area contributed by atoms with Crippen molar-refractivity contribution < 1.29 is 46.6 Å². The van der Waals surface area contributed by atoms with Gasteiger partial charge in [0, 0.05) is 25.3 Å². The summed E-state index contributed by atoms with van der Waals surface area (Å²) in [4.78, 5) is 51.9. The largest absolute Gasteiger partial charge is 0.468 e. The molecule has 174 valence electrons. The number of hydrogen-bond acceptors (Lipinski definition) is 7. The van der Waals surface area contributed by atoms with E-state index in [-0.39, 0.29) is 18.4 Å². The number of imide groups is 1. The fraction of sp³-hybridized carbons (Fsp3) is 0.524. The number of ether oxygens (including phenoxy) is 3. The minimum Gasteiger partial charge on any atom is -0.468 e. The molecule has 32 heavy (non-hydrogen) atoms. The number of methoxy groups -OCH3 is 2. The Hall–Kier alpha value is -2.95. The monoisotopic (exact) mass is 457 g/mol. The second-order valence-electron chi connectivity index (χ2n) is 7.70. The van der Waals surface area contributed by atoms with Crippen molar-refractivity contribution in [2.75, 3.05) is 20.8 Å². The van der Waals surface area contributed by atoms with E-state index >= 15 is 0 Å². The van der Waals surface area contributed by atoms with Gasteiger partial charge in [-0.05, 0) is 12.0 Å². The molecule has 3 rings (SSSR count). The van der Waals surface area contributed by atoms with E-state index in [9.17, 15) is 32.3 Å². The van der Waals surface area contributed by atoms with Crippen LogP contribution >= 0.6 is 0 Å². The predicted molar refractivity (Wildman–Crippen MR) is 101 cm³/mol. The number of esters is 2. The van der Waals surface area contributed by atoms with Crippen molar-refractivity contribution in [3.63, 3.8) is 0 Å². The van der Waals surface area contributed by atoms with Crippen molar-refractivity contribution >= 4 is 23.8 Å². The normalized spacial score (nSPS) is 25.2. The fourth-order valence-corrected chi connectivity index (χ4v) is 4.75. The van der Waals surface area contributed by atoms with E-state index in [1.807, 2.05) is 0 Å². The molecule has 1 aromatic carbocycles. The first-order chi connectivity index (χ1) is 15.0. The Balaban J connectivity index is 2.26. The van der Waals surface area contributed by atoms with Gasteiger partial charge in [-0.25, -0.2) is 0 Å². The Morgan fingerprint density at radius 1 is 1.00 bits per heavy atom. The minimum absolute atomic E-state index is 0.0689. The number of likely N-dealkylation sites (tertiary alicyclic amines) is 1. The summed E-state index contributed by atoms with van der Waals surface area (Å²) in [5, 5.41) is 0. The SMILES string of the molecule is COC(=O)C1(C(=O)OC)CC(N2C(=O)CCC2=O)CC1(OCC(F)(F)F)c1ccccc1. The molecule has 0 aromatic heterocycles. The van der Waals surface area contributed by atoms with Gasteiger partial charge in [0.05, 0.1) is 14.2 Å². The smallest absolute Gasteiger partial charge is 0.411 e. The van der Waals surface area contributed by atoms with Gasteiger partial charge in [0.2, 0.25) is 11.8 Å². The molecule has 1 aromatic rings. The lowest BCUT2D eigenvalue weighted by Gasteiger charge is -2.41. The molecule has 0 radical (unpaired) electrons. The highest BCUT2D eigenvalue weighted by Gasteiger charge is 2.72. The Labute approximate surface area is 181 Å². The molecule has 2 atom stereocenters. The Morgan fingerprint density at radius 3 is 2.00 bits per heavy atom. The molecule has 0 spiro atoms. The summed E-state index contributed by atoms with van der Waals surface area (Å²) in [5.41, 5.74) is -4.52. The van der Waals surface area contributed by atoms with E-state index < -0.39 is 66.4 Å². The number of halogens is 3. The second kappa shape index (κ2) is 8.53. The predicted octanol–water partition coefficient (Wildman–Crippen LogP) is 2.10. The van der Waals surface area contributed by atoms with Crippen LogP contribution < -0.4 is 0 Å². The van der Waals surface area contributed by atoms with E-state index in [2.05, 4.69) is 0 Å². The van der Waals surface area contributed by atoms with Crippen LogP contribution in [0.4, 0.5) is 13.2 Å². The van der Waals surface area contributed by atoms with Crippen LogP contribution in [0.2, 0.25) is 0 Å². The van der Waals surface area contributed by atoms with Gasteiger partial charge < -0.3 is 14.2 Å². The molecule has 2 amide bonds. The molecule has 1 heterocycles. The first-order valence-electron chi connectivity index (χ1n) is 9.80. The molecular weight excluding hydrogens is 435 g/mol. The third kappa shape index (κ3) is 3.74. The third-order valence-electron chi connectivity index (χ3n) is 6.00. The molecule has 0 bridgehead atoms. The molecule has 1 aliphatic carbocycles. The average molecular weight is 457 g/mol. The molecule has 0 N–H and O–H groups in total. The lowest BCUT2D eigenvalue weighted by atomic mass is 9.70. The molecule has 1 saturated carbocycles. The highest BCUT2D eigenvalue weighted by molar-refractivity contribution is 6.05. The van der Waals surface area contributed by atoms with Gasteiger partial charge in [-0.2, -0.15) is 13.2 Å². The standard InChI is InChI=1S/C21H22F3NO7/c1-30-17(28)19(18(29)31-2)10-14(25-15(26)8-9-16(25)27)11-20(19,32-12-21(22,23)24)13-6-4-3-5-7-13/h3-7,14H,8-12H2,1-2H3. The molecule has 8 nitrogen and oxygen atoms in total. The first kappa shape index (κ1) is 23.7. The molecule has 1 aliphatic heterocycles. The quantitative estimate of drug-likeness (QED) is 0.367.